The Morgan fingerprint density at radius 3 is 1.30 bits per heavy atom. The van der Waals surface area contributed by atoms with Crippen molar-refractivity contribution in [3.8, 4) is 0 Å². The summed E-state index contributed by atoms with van der Waals surface area (Å²) in [6.07, 6.45) is 4.42. The third kappa shape index (κ3) is 11.6. The van der Waals surface area contributed by atoms with E-state index < -0.39 is 23.4 Å². The van der Waals surface area contributed by atoms with Gasteiger partial charge in [0.1, 0.15) is 11.2 Å². The summed E-state index contributed by atoms with van der Waals surface area (Å²) in [5.74, 6) is 0.384. The van der Waals surface area contributed by atoms with Crippen LogP contribution in [0.25, 0.3) is 0 Å². The first kappa shape index (κ1) is 26.5. The second kappa shape index (κ2) is 11.7. The van der Waals surface area contributed by atoms with E-state index in [1.165, 1.54) is 0 Å². The van der Waals surface area contributed by atoms with Crippen LogP contribution in [-0.2, 0) is 9.47 Å². The molecular weight excluding hydrogens is 388 g/mol. The van der Waals surface area contributed by atoms with Crippen LogP contribution in [0, 0.1) is 11.8 Å². The van der Waals surface area contributed by atoms with E-state index in [-0.39, 0.29) is 24.0 Å². The van der Waals surface area contributed by atoms with Gasteiger partial charge in [-0.2, -0.15) is 0 Å². The van der Waals surface area contributed by atoms with Crippen LogP contribution in [0.1, 0.15) is 80.1 Å². The molecule has 0 aliphatic heterocycles. The first-order chi connectivity index (χ1) is 13.8. The molecule has 0 aromatic heterocycles. The maximum absolute atomic E-state index is 11.3. The predicted octanol–water partition coefficient (Wildman–Crippen LogP) is 3.34. The summed E-state index contributed by atoms with van der Waals surface area (Å²) in [5, 5.41) is 24.5. The first-order valence-corrected chi connectivity index (χ1v) is 11.1. The van der Waals surface area contributed by atoms with Crippen LogP contribution < -0.4 is 10.6 Å². The molecule has 0 aromatic rings. The lowest BCUT2D eigenvalue weighted by Crippen LogP contribution is -2.36. The van der Waals surface area contributed by atoms with Crippen LogP contribution in [0.2, 0.25) is 0 Å². The third-order valence-electron chi connectivity index (χ3n) is 5.05. The van der Waals surface area contributed by atoms with Gasteiger partial charge in [-0.05, 0) is 67.2 Å². The van der Waals surface area contributed by atoms with Gasteiger partial charge in [-0.3, -0.25) is 0 Å². The van der Waals surface area contributed by atoms with Crippen molar-refractivity contribution in [1.29, 1.82) is 0 Å². The summed E-state index contributed by atoms with van der Waals surface area (Å²) in [6.45, 7) is 12.0. The van der Waals surface area contributed by atoms with Gasteiger partial charge in [-0.25, -0.2) is 9.59 Å². The molecule has 8 heteroatoms. The highest BCUT2D eigenvalue weighted by Gasteiger charge is 2.27. The topological polar surface area (TPSA) is 117 Å². The van der Waals surface area contributed by atoms with Crippen molar-refractivity contribution in [2.24, 2.45) is 11.8 Å². The number of aliphatic hydroxyl groups excluding tert-OH is 2. The van der Waals surface area contributed by atoms with Crippen molar-refractivity contribution < 1.29 is 29.3 Å². The normalized spacial score (nSPS) is 26.4. The Morgan fingerprint density at radius 2 is 1.07 bits per heavy atom. The van der Waals surface area contributed by atoms with Crippen LogP contribution in [-0.4, -0.2) is 58.9 Å². The van der Waals surface area contributed by atoms with Crippen LogP contribution in [0.15, 0.2) is 0 Å². The SMILES string of the molecule is CC(C)(C)OC(=O)NCC1CCCC1O.CC(C)(C)OC(=O)NCC1CCCC1O. The molecule has 4 unspecified atom stereocenters. The summed E-state index contributed by atoms with van der Waals surface area (Å²) in [4.78, 5) is 22.6. The Hall–Kier alpha value is -1.54. The lowest BCUT2D eigenvalue weighted by molar-refractivity contribution is 0.0487. The Morgan fingerprint density at radius 1 is 0.733 bits per heavy atom. The minimum atomic E-state index is -0.460. The van der Waals surface area contributed by atoms with Gasteiger partial charge in [0.2, 0.25) is 0 Å². The Balaban J connectivity index is 0.000000300. The molecule has 0 saturated heterocycles. The summed E-state index contributed by atoms with van der Waals surface area (Å²) < 4.78 is 10.2. The van der Waals surface area contributed by atoms with Gasteiger partial charge in [0, 0.05) is 24.9 Å². The Bertz CT molecular complexity index is 493. The largest absolute Gasteiger partial charge is 0.444 e. The van der Waals surface area contributed by atoms with E-state index >= 15 is 0 Å². The lowest BCUT2D eigenvalue weighted by Gasteiger charge is -2.21. The van der Waals surface area contributed by atoms with Gasteiger partial charge >= 0.3 is 12.2 Å². The summed E-state index contributed by atoms with van der Waals surface area (Å²) in [6, 6.07) is 0. The fourth-order valence-corrected chi connectivity index (χ4v) is 3.57. The minimum absolute atomic E-state index is 0.192. The van der Waals surface area contributed by atoms with E-state index in [9.17, 15) is 19.8 Å². The molecule has 2 aliphatic carbocycles. The van der Waals surface area contributed by atoms with Crippen LogP contribution >= 0.6 is 0 Å². The van der Waals surface area contributed by atoms with E-state index in [2.05, 4.69) is 10.6 Å². The number of carbonyl (C=O) groups is 2. The molecular formula is C22H42N2O6. The van der Waals surface area contributed by atoms with Crippen molar-refractivity contribution in [3.05, 3.63) is 0 Å². The lowest BCUT2D eigenvalue weighted by atomic mass is 10.1. The second-order valence-electron chi connectivity index (χ2n) is 10.3. The van der Waals surface area contributed by atoms with E-state index in [0.29, 0.717) is 13.1 Å². The average molecular weight is 431 g/mol. The maximum Gasteiger partial charge on any atom is 0.407 e. The zero-order valence-corrected chi connectivity index (χ0v) is 19.5. The van der Waals surface area contributed by atoms with E-state index in [0.717, 1.165) is 38.5 Å². The number of hydrogen-bond donors (Lipinski definition) is 4. The summed E-state index contributed by atoms with van der Waals surface area (Å²) in [5.41, 5.74) is -0.920. The molecule has 2 fully saturated rings. The van der Waals surface area contributed by atoms with Gasteiger partial charge in [0.25, 0.3) is 0 Å². The Labute approximate surface area is 181 Å². The molecule has 30 heavy (non-hydrogen) atoms. The zero-order chi connectivity index (χ0) is 22.9. The van der Waals surface area contributed by atoms with Gasteiger partial charge in [-0.15, -0.1) is 0 Å². The van der Waals surface area contributed by atoms with Crippen molar-refractivity contribution in [2.75, 3.05) is 13.1 Å². The highest BCUT2D eigenvalue weighted by atomic mass is 16.6. The summed E-state index contributed by atoms with van der Waals surface area (Å²) >= 11 is 0. The van der Waals surface area contributed by atoms with Crippen LogP contribution in [0.5, 0.6) is 0 Å². The highest BCUT2D eigenvalue weighted by molar-refractivity contribution is 5.68. The molecule has 2 amide bonds. The third-order valence-corrected chi connectivity index (χ3v) is 5.05. The zero-order valence-electron chi connectivity index (χ0n) is 19.5. The van der Waals surface area contributed by atoms with E-state index in [4.69, 9.17) is 9.47 Å². The molecule has 2 rings (SSSR count). The van der Waals surface area contributed by atoms with Gasteiger partial charge in [-0.1, -0.05) is 12.8 Å². The molecule has 176 valence electrons. The first-order valence-electron chi connectivity index (χ1n) is 11.1. The van der Waals surface area contributed by atoms with Gasteiger partial charge in [0.05, 0.1) is 12.2 Å². The van der Waals surface area contributed by atoms with Crippen LogP contribution in [0.4, 0.5) is 9.59 Å². The predicted molar refractivity (Wildman–Crippen MR) is 115 cm³/mol. The molecule has 2 aliphatic rings. The summed E-state index contributed by atoms with van der Waals surface area (Å²) in [7, 11) is 0. The van der Waals surface area contributed by atoms with E-state index in [1.807, 2.05) is 41.5 Å². The molecule has 0 radical (unpaired) electrons. The molecule has 0 spiro atoms. The van der Waals surface area contributed by atoms with Crippen molar-refractivity contribution in [2.45, 2.75) is 103 Å². The molecule has 4 N–H and O–H groups in total. The number of ether oxygens (including phenoxy) is 2. The van der Waals surface area contributed by atoms with Crippen molar-refractivity contribution in [3.63, 3.8) is 0 Å². The molecule has 0 bridgehead atoms. The Kier molecular flexibility index (Phi) is 10.4. The number of aliphatic hydroxyl groups is 2. The second-order valence-corrected chi connectivity index (χ2v) is 10.3. The number of nitrogens with one attached hydrogen (secondary N) is 2. The molecule has 0 aromatic carbocycles. The highest BCUT2D eigenvalue weighted by Crippen LogP contribution is 2.25. The number of carbonyl (C=O) groups excluding carboxylic acids is 2. The monoisotopic (exact) mass is 430 g/mol. The molecule has 8 nitrogen and oxygen atoms in total. The number of alkyl carbamates (subject to hydrolysis) is 2. The number of amides is 2. The van der Waals surface area contributed by atoms with Crippen molar-refractivity contribution in [1.82, 2.24) is 10.6 Å². The molecule has 4 atom stereocenters. The fourth-order valence-electron chi connectivity index (χ4n) is 3.57. The maximum atomic E-state index is 11.3. The standard InChI is InChI=1S/2C11H21NO3/c2*1-11(2,3)15-10(14)12-7-8-5-4-6-9(8)13/h2*8-9,13H,4-7H2,1-3H3,(H,12,14). The number of rotatable bonds is 4. The van der Waals surface area contributed by atoms with Crippen LogP contribution in [0.3, 0.4) is 0 Å². The van der Waals surface area contributed by atoms with Gasteiger partial charge < -0.3 is 30.3 Å². The smallest absolute Gasteiger partial charge is 0.407 e. The number of hydrogen-bond acceptors (Lipinski definition) is 6. The molecule has 2 saturated carbocycles. The van der Waals surface area contributed by atoms with E-state index in [1.54, 1.807) is 0 Å². The fraction of sp³-hybridized carbons (Fsp3) is 0.909. The minimum Gasteiger partial charge on any atom is -0.444 e. The van der Waals surface area contributed by atoms with Crippen molar-refractivity contribution >= 4 is 12.2 Å². The average Bonchev–Trinajstić information content (AvgIpc) is 3.16. The quantitative estimate of drug-likeness (QED) is 0.543. The molecule has 0 heterocycles. The van der Waals surface area contributed by atoms with Gasteiger partial charge in [0.15, 0.2) is 0 Å².